The Morgan fingerprint density at radius 3 is 2.08 bits per heavy atom. The number of allylic oxidation sites excluding steroid dienone is 4. The number of ether oxygens (including phenoxy) is 1. The summed E-state index contributed by atoms with van der Waals surface area (Å²) in [6, 6.07) is 11.7. The molecule has 0 fully saturated rings. The van der Waals surface area contributed by atoms with Gasteiger partial charge in [0.05, 0.1) is 0 Å². The summed E-state index contributed by atoms with van der Waals surface area (Å²) in [6.07, 6.45) is 2.22. The minimum absolute atomic E-state index is 0.0199. The molecule has 3 aliphatic rings. The third-order valence-electron chi connectivity index (χ3n) is 7.34. The highest BCUT2D eigenvalue weighted by Crippen LogP contribution is 2.52. The van der Waals surface area contributed by atoms with Gasteiger partial charge in [-0.05, 0) is 47.9 Å². The van der Waals surface area contributed by atoms with E-state index in [-0.39, 0.29) is 34.8 Å². The van der Waals surface area contributed by atoms with Gasteiger partial charge in [0.1, 0.15) is 18.2 Å². The number of benzene rings is 2. The molecule has 2 aromatic carbocycles. The quantitative estimate of drug-likeness (QED) is 0.482. The largest absolute Gasteiger partial charge is 0.488 e. The molecule has 1 aliphatic heterocycles. The van der Waals surface area contributed by atoms with Crippen LogP contribution in [0.1, 0.15) is 70.4 Å². The van der Waals surface area contributed by atoms with Gasteiger partial charge in [0.2, 0.25) is 0 Å². The maximum Gasteiger partial charge on any atom is 0.162 e. The average Bonchev–Trinajstić information content (AvgIpc) is 2.76. The summed E-state index contributed by atoms with van der Waals surface area (Å²) >= 11 is 6.46. The Kier molecular flexibility index (Phi) is 6.11. The van der Waals surface area contributed by atoms with Crippen molar-refractivity contribution < 1.29 is 18.7 Å². The summed E-state index contributed by atoms with van der Waals surface area (Å²) < 4.78 is 20.4. The second-order valence-electron chi connectivity index (χ2n) is 11.8. The molecule has 2 aliphatic carbocycles. The highest BCUT2D eigenvalue weighted by Gasteiger charge is 2.47. The molecule has 0 amide bonds. The predicted molar refractivity (Wildman–Crippen MR) is 138 cm³/mol. The summed E-state index contributed by atoms with van der Waals surface area (Å²) in [5.74, 6) is -0.369. The molecule has 5 rings (SSSR count). The highest BCUT2D eigenvalue weighted by molar-refractivity contribution is 6.30. The van der Waals surface area contributed by atoms with E-state index in [2.05, 4.69) is 33.0 Å². The lowest BCUT2D eigenvalue weighted by atomic mass is 9.64. The van der Waals surface area contributed by atoms with Crippen LogP contribution in [0.5, 0.6) is 5.75 Å². The SMILES string of the molecule is CC1(C)CC(=O)C2=C(C1)NC1=C(C(=O)CC(C)(C)C1)C2c1cc(Cl)ccc1OCc1ccccc1F. The Hall–Kier alpha value is -2.92. The number of halogens is 2. The van der Waals surface area contributed by atoms with Crippen LogP contribution in [0.25, 0.3) is 0 Å². The van der Waals surface area contributed by atoms with Crippen molar-refractivity contribution in [1.82, 2.24) is 5.32 Å². The number of nitrogens with one attached hydrogen (secondary N) is 1. The normalized spacial score (nSPS) is 21.2. The number of rotatable bonds is 4. The van der Waals surface area contributed by atoms with Gasteiger partial charge in [-0.3, -0.25) is 9.59 Å². The number of hydrogen-bond donors (Lipinski definition) is 1. The van der Waals surface area contributed by atoms with E-state index in [1.165, 1.54) is 6.07 Å². The zero-order valence-corrected chi connectivity index (χ0v) is 21.9. The van der Waals surface area contributed by atoms with E-state index >= 15 is 0 Å². The third kappa shape index (κ3) is 4.61. The molecule has 4 nitrogen and oxygen atoms in total. The molecule has 0 radical (unpaired) electrons. The van der Waals surface area contributed by atoms with Crippen molar-refractivity contribution >= 4 is 23.2 Å². The predicted octanol–water partition coefficient (Wildman–Crippen LogP) is 7.03. The Bertz CT molecular complexity index is 1290. The van der Waals surface area contributed by atoms with E-state index in [0.29, 0.717) is 58.7 Å². The van der Waals surface area contributed by atoms with Crippen LogP contribution >= 0.6 is 11.6 Å². The Balaban J connectivity index is 1.65. The molecule has 0 aromatic heterocycles. The van der Waals surface area contributed by atoms with Crippen LogP contribution in [-0.2, 0) is 16.2 Å². The smallest absolute Gasteiger partial charge is 0.162 e. The van der Waals surface area contributed by atoms with E-state index in [4.69, 9.17) is 16.3 Å². The number of Topliss-reactive ketones (excluding diaryl/α,β-unsaturated/α-hetero) is 2. The Morgan fingerprint density at radius 1 is 0.917 bits per heavy atom. The van der Waals surface area contributed by atoms with Crippen LogP contribution in [0.3, 0.4) is 0 Å². The van der Waals surface area contributed by atoms with Gasteiger partial charge >= 0.3 is 0 Å². The zero-order chi connectivity index (χ0) is 25.8. The molecule has 36 heavy (non-hydrogen) atoms. The van der Waals surface area contributed by atoms with E-state index in [1.54, 1.807) is 36.4 Å². The van der Waals surface area contributed by atoms with Gasteiger partial charge in [0.25, 0.3) is 0 Å². The molecule has 188 valence electrons. The average molecular weight is 508 g/mol. The molecule has 0 atom stereocenters. The number of ketones is 2. The summed E-state index contributed by atoms with van der Waals surface area (Å²) in [5.41, 5.74) is 3.74. The fraction of sp³-hybridized carbons (Fsp3) is 0.400. The van der Waals surface area contributed by atoms with Gasteiger partial charge in [-0.25, -0.2) is 4.39 Å². The third-order valence-corrected chi connectivity index (χ3v) is 7.58. The molecule has 0 bridgehead atoms. The van der Waals surface area contributed by atoms with Crippen molar-refractivity contribution in [1.29, 1.82) is 0 Å². The summed E-state index contributed by atoms with van der Waals surface area (Å²) in [7, 11) is 0. The Labute approximate surface area is 216 Å². The summed E-state index contributed by atoms with van der Waals surface area (Å²) in [4.78, 5) is 27.2. The van der Waals surface area contributed by atoms with Crippen LogP contribution in [0.15, 0.2) is 65.0 Å². The van der Waals surface area contributed by atoms with E-state index < -0.39 is 5.92 Å². The van der Waals surface area contributed by atoms with Gasteiger partial charge in [0, 0.05) is 57.4 Å². The second-order valence-corrected chi connectivity index (χ2v) is 12.2. The van der Waals surface area contributed by atoms with E-state index in [9.17, 15) is 14.0 Å². The van der Waals surface area contributed by atoms with E-state index in [1.807, 2.05) is 0 Å². The minimum Gasteiger partial charge on any atom is -0.488 e. The topological polar surface area (TPSA) is 55.4 Å². The van der Waals surface area contributed by atoms with E-state index in [0.717, 1.165) is 11.4 Å². The van der Waals surface area contributed by atoms with Crippen molar-refractivity contribution in [2.45, 2.75) is 65.9 Å². The van der Waals surface area contributed by atoms with Crippen molar-refractivity contribution in [3.63, 3.8) is 0 Å². The number of carbonyl (C=O) groups excluding carboxylic acids is 2. The van der Waals surface area contributed by atoms with Crippen LogP contribution in [-0.4, -0.2) is 11.6 Å². The molecular formula is C30H31ClFNO3. The van der Waals surface area contributed by atoms with Gasteiger partial charge in [-0.2, -0.15) is 0 Å². The first-order chi connectivity index (χ1) is 16.9. The fourth-order valence-corrected chi connectivity index (χ4v) is 6.03. The lowest BCUT2D eigenvalue weighted by Gasteiger charge is -2.44. The molecule has 1 heterocycles. The van der Waals surface area contributed by atoms with Crippen LogP contribution in [0.4, 0.5) is 4.39 Å². The lowest BCUT2D eigenvalue weighted by Crippen LogP contribution is -2.42. The molecule has 0 saturated heterocycles. The lowest BCUT2D eigenvalue weighted by molar-refractivity contribution is -0.119. The first-order valence-corrected chi connectivity index (χ1v) is 12.8. The summed E-state index contributed by atoms with van der Waals surface area (Å²) in [6.45, 7) is 8.38. The number of dihydropyridines is 1. The maximum atomic E-state index is 14.3. The Morgan fingerprint density at radius 2 is 1.50 bits per heavy atom. The van der Waals surface area contributed by atoms with Gasteiger partial charge in [-0.1, -0.05) is 57.5 Å². The number of hydrogen-bond acceptors (Lipinski definition) is 4. The molecule has 6 heteroatoms. The van der Waals surface area contributed by atoms with Crippen molar-refractivity contribution in [2.75, 3.05) is 0 Å². The summed E-state index contributed by atoms with van der Waals surface area (Å²) in [5, 5.41) is 4.01. The van der Waals surface area contributed by atoms with Gasteiger partial charge in [-0.15, -0.1) is 0 Å². The minimum atomic E-state index is -0.572. The molecule has 0 unspecified atom stereocenters. The van der Waals surface area contributed by atoms with Crippen molar-refractivity contribution in [2.24, 2.45) is 10.8 Å². The molecule has 0 saturated carbocycles. The van der Waals surface area contributed by atoms with Crippen LogP contribution < -0.4 is 10.1 Å². The number of carbonyl (C=O) groups is 2. The van der Waals surface area contributed by atoms with Crippen molar-refractivity contribution in [3.8, 4) is 5.75 Å². The molecule has 0 spiro atoms. The van der Waals surface area contributed by atoms with Crippen LogP contribution in [0, 0.1) is 16.6 Å². The second kappa shape index (κ2) is 8.88. The standard InChI is InChI=1S/C30H31ClFNO3/c1-29(2)12-21-27(23(34)14-29)26(28-22(33-21)13-30(3,4)15-24(28)35)19-11-18(31)9-10-25(19)36-16-17-7-5-6-8-20(17)32/h5-11,26,33H,12-16H2,1-4H3. The highest BCUT2D eigenvalue weighted by atomic mass is 35.5. The van der Waals surface area contributed by atoms with Crippen molar-refractivity contribution in [3.05, 3.63) is 87.0 Å². The van der Waals surface area contributed by atoms with Gasteiger partial charge < -0.3 is 10.1 Å². The molecular weight excluding hydrogens is 477 g/mol. The van der Waals surface area contributed by atoms with Crippen LogP contribution in [0.2, 0.25) is 5.02 Å². The zero-order valence-electron chi connectivity index (χ0n) is 21.1. The fourth-order valence-electron chi connectivity index (χ4n) is 5.85. The maximum absolute atomic E-state index is 14.3. The molecule has 1 N–H and O–H groups in total. The monoisotopic (exact) mass is 507 g/mol. The first kappa shape index (κ1) is 24.8. The first-order valence-electron chi connectivity index (χ1n) is 12.4. The molecule has 2 aromatic rings. The van der Waals surface area contributed by atoms with Gasteiger partial charge in [0.15, 0.2) is 11.6 Å².